The highest BCUT2D eigenvalue weighted by Gasteiger charge is 2.13. The molecule has 1 atom stereocenters. The van der Waals surface area contributed by atoms with Crippen LogP contribution >= 0.6 is 0 Å². The second-order valence-corrected chi connectivity index (χ2v) is 7.89. The van der Waals surface area contributed by atoms with Gasteiger partial charge in [0.2, 0.25) is 17.7 Å². The van der Waals surface area contributed by atoms with Gasteiger partial charge in [-0.2, -0.15) is 0 Å². The Morgan fingerprint density at radius 1 is 1.06 bits per heavy atom. The van der Waals surface area contributed by atoms with Crippen molar-refractivity contribution in [3.05, 3.63) is 77.4 Å². The molecule has 160 valence electrons. The lowest BCUT2D eigenvalue weighted by molar-refractivity contribution is -0.121. The Morgan fingerprint density at radius 3 is 2.71 bits per heavy atom. The van der Waals surface area contributed by atoms with Gasteiger partial charge in [-0.3, -0.25) is 9.78 Å². The fraction of sp³-hybridized carbons (Fsp3) is 0.333. The molecule has 3 aromatic heterocycles. The maximum absolute atomic E-state index is 12.3. The molecule has 0 saturated heterocycles. The number of carbonyl (C=O) groups excluding carboxylic acids is 1. The molecular formula is C24H27N5O2. The van der Waals surface area contributed by atoms with Gasteiger partial charge < -0.3 is 14.7 Å². The minimum atomic E-state index is -0.0290. The fourth-order valence-corrected chi connectivity index (χ4v) is 3.72. The number of rotatable bonds is 9. The number of amides is 1. The van der Waals surface area contributed by atoms with Crippen molar-refractivity contribution < 1.29 is 9.21 Å². The summed E-state index contributed by atoms with van der Waals surface area (Å²) in [6, 6.07) is 14.2. The molecule has 0 saturated carbocycles. The van der Waals surface area contributed by atoms with Gasteiger partial charge in [0.25, 0.3) is 0 Å². The molecule has 1 unspecified atom stereocenters. The first-order valence-electron chi connectivity index (χ1n) is 10.6. The molecule has 0 radical (unpaired) electrons. The van der Waals surface area contributed by atoms with Crippen LogP contribution in [0.4, 0.5) is 0 Å². The molecule has 1 aromatic carbocycles. The van der Waals surface area contributed by atoms with Gasteiger partial charge in [0.05, 0.1) is 0 Å². The zero-order chi connectivity index (χ0) is 21.6. The van der Waals surface area contributed by atoms with Crippen LogP contribution < -0.4 is 5.32 Å². The largest absolute Gasteiger partial charge is 0.425 e. The molecule has 2 N–H and O–H groups in total. The predicted octanol–water partition coefficient (Wildman–Crippen LogP) is 3.72. The van der Waals surface area contributed by atoms with Crippen LogP contribution in [-0.2, 0) is 30.5 Å². The number of nitrogens with one attached hydrogen (secondary N) is 2. The van der Waals surface area contributed by atoms with E-state index in [0.29, 0.717) is 37.5 Å². The van der Waals surface area contributed by atoms with Gasteiger partial charge in [-0.15, -0.1) is 10.2 Å². The van der Waals surface area contributed by atoms with Gasteiger partial charge in [-0.1, -0.05) is 24.3 Å². The van der Waals surface area contributed by atoms with E-state index in [-0.39, 0.29) is 11.9 Å². The van der Waals surface area contributed by atoms with E-state index >= 15 is 0 Å². The molecule has 1 amide bonds. The quantitative estimate of drug-likeness (QED) is 0.433. The van der Waals surface area contributed by atoms with Crippen molar-refractivity contribution in [3.8, 4) is 0 Å². The molecule has 0 aliphatic carbocycles. The first kappa shape index (κ1) is 20.8. The number of nitrogens with zero attached hydrogens (tertiary/aromatic N) is 3. The third kappa shape index (κ3) is 5.57. The maximum Gasteiger partial charge on any atom is 0.220 e. The molecule has 0 aliphatic heterocycles. The van der Waals surface area contributed by atoms with Crippen LogP contribution in [0.25, 0.3) is 10.9 Å². The summed E-state index contributed by atoms with van der Waals surface area (Å²) < 4.78 is 5.74. The average molecular weight is 418 g/mol. The molecule has 0 aliphatic rings. The maximum atomic E-state index is 12.3. The summed E-state index contributed by atoms with van der Waals surface area (Å²) in [5.41, 5.74) is 4.31. The van der Waals surface area contributed by atoms with Crippen LogP contribution in [0.1, 0.15) is 42.1 Å². The van der Waals surface area contributed by atoms with Crippen LogP contribution in [0.15, 0.2) is 53.1 Å². The molecule has 4 rings (SSSR count). The lowest BCUT2D eigenvalue weighted by atomic mass is 10.1. The molecule has 4 aromatic rings. The van der Waals surface area contributed by atoms with Crippen molar-refractivity contribution in [2.45, 2.75) is 52.0 Å². The molecule has 0 bridgehead atoms. The van der Waals surface area contributed by atoms with E-state index in [0.717, 1.165) is 23.3 Å². The number of H-pyrrole nitrogens is 1. The summed E-state index contributed by atoms with van der Waals surface area (Å²) in [4.78, 5) is 20.0. The number of hydrogen-bond acceptors (Lipinski definition) is 5. The summed E-state index contributed by atoms with van der Waals surface area (Å²) in [5, 5.41) is 12.5. The minimum absolute atomic E-state index is 0.0104. The zero-order valence-corrected chi connectivity index (χ0v) is 17.9. The van der Waals surface area contributed by atoms with Crippen LogP contribution in [0.2, 0.25) is 0 Å². The molecule has 0 fully saturated rings. The molecular weight excluding hydrogens is 390 g/mol. The van der Waals surface area contributed by atoms with E-state index in [2.05, 4.69) is 37.6 Å². The number of pyridine rings is 1. The van der Waals surface area contributed by atoms with Crippen LogP contribution in [0.3, 0.4) is 0 Å². The second kappa shape index (κ2) is 9.55. The number of fused-ring (bicyclic) bond motifs is 1. The number of benzene rings is 1. The average Bonchev–Trinajstić information content (AvgIpc) is 3.37. The number of hydrogen-bond donors (Lipinski definition) is 2. The Morgan fingerprint density at radius 2 is 1.87 bits per heavy atom. The summed E-state index contributed by atoms with van der Waals surface area (Å²) in [7, 11) is 0. The van der Waals surface area contributed by atoms with Gasteiger partial charge in [-0.05, 0) is 44.0 Å². The molecule has 7 heteroatoms. The highest BCUT2D eigenvalue weighted by atomic mass is 16.4. The Labute approximate surface area is 181 Å². The third-order valence-electron chi connectivity index (χ3n) is 5.23. The van der Waals surface area contributed by atoms with Crippen LogP contribution in [-0.4, -0.2) is 32.1 Å². The predicted molar refractivity (Wildman–Crippen MR) is 119 cm³/mol. The van der Waals surface area contributed by atoms with E-state index in [9.17, 15) is 4.79 Å². The smallest absolute Gasteiger partial charge is 0.220 e. The highest BCUT2D eigenvalue weighted by molar-refractivity contribution is 5.83. The lowest BCUT2D eigenvalue weighted by Crippen LogP contribution is -2.34. The fourth-order valence-electron chi connectivity index (χ4n) is 3.72. The van der Waals surface area contributed by atoms with Crippen molar-refractivity contribution in [3.63, 3.8) is 0 Å². The molecule has 0 spiro atoms. The number of para-hydroxylation sites is 1. The van der Waals surface area contributed by atoms with Gasteiger partial charge in [0.1, 0.15) is 0 Å². The first-order valence-corrected chi connectivity index (χ1v) is 10.6. The Balaban J connectivity index is 1.23. The van der Waals surface area contributed by atoms with E-state index in [4.69, 9.17) is 4.42 Å². The zero-order valence-electron chi connectivity index (χ0n) is 17.9. The first-order chi connectivity index (χ1) is 15.1. The van der Waals surface area contributed by atoms with Crippen molar-refractivity contribution in [1.29, 1.82) is 0 Å². The highest BCUT2D eigenvalue weighted by Crippen LogP contribution is 2.19. The van der Waals surface area contributed by atoms with Gasteiger partial charge in [0, 0.05) is 60.2 Å². The van der Waals surface area contributed by atoms with Crippen molar-refractivity contribution in [2.75, 3.05) is 0 Å². The normalized spacial score (nSPS) is 12.2. The van der Waals surface area contributed by atoms with E-state index in [1.165, 1.54) is 10.9 Å². The third-order valence-corrected chi connectivity index (χ3v) is 5.23. The number of aromatic amines is 1. The Bertz CT molecular complexity index is 1160. The number of aromatic nitrogens is 4. The van der Waals surface area contributed by atoms with E-state index < -0.39 is 0 Å². The monoisotopic (exact) mass is 417 g/mol. The number of aryl methyl sites for hydroxylation is 4. The molecule has 31 heavy (non-hydrogen) atoms. The standard InChI is InChI=1S/C24H27N5O2/c1-16-6-5-7-19(26-16)14-17(2)27-22(30)11-13-24-29-28-23(31-24)12-10-18-15-25-21-9-4-3-8-20(18)21/h3-9,15,17,25H,10-14H2,1-2H3,(H,27,30). The summed E-state index contributed by atoms with van der Waals surface area (Å²) in [6.45, 7) is 3.95. The van der Waals surface area contributed by atoms with Gasteiger partial charge >= 0.3 is 0 Å². The van der Waals surface area contributed by atoms with Crippen molar-refractivity contribution in [1.82, 2.24) is 25.5 Å². The Hall–Kier alpha value is -3.48. The van der Waals surface area contributed by atoms with Crippen LogP contribution in [0, 0.1) is 6.92 Å². The summed E-state index contributed by atoms with van der Waals surface area (Å²) >= 11 is 0. The van der Waals surface area contributed by atoms with Gasteiger partial charge in [0.15, 0.2) is 0 Å². The lowest BCUT2D eigenvalue weighted by Gasteiger charge is -2.13. The van der Waals surface area contributed by atoms with Crippen molar-refractivity contribution >= 4 is 16.8 Å². The summed E-state index contributed by atoms with van der Waals surface area (Å²) in [5.74, 6) is 1.07. The minimum Gasteiger partial charge on any atom is -0.425 e. The number of carbonyl (C=O) groups is 1. The Kier molecular flexibility index (Phi) is 6.40. The van der Waals surface area contributed by atoms with E-state index in [1.54, 1.807) is 0 Å². The van der Waals surface area contributed by atoms with Gasteiger partial charge in [-0.25, -0.2) is 0 Å². The van der Waals surface area contributed by atoms with E-state index in [1.807, 2.05) is 50.4 Å². The molecule has 3 heterocycles. The topological polar surface area (TPSA) is 96.7 Å². The van der Waals surface area contributed by atoms with Crippen LogP contribution in [0.5, 0.6) is 0 Å². The van der Waals surface area contributed by atoms with Crippen molar-refractivity contribution in [2.24, 2.45) is 0 Å². The second-order valence-electron chi connectivity index (χ2n) is 7.89. The summed E-state index contributed by atoms with van der Waals surface area (Å²) in [6.07, 6.45) is 4.96. The molecule has 7 nitrogen and oxygen atoms in total. The SMILES string of the molecule is Cc1cccc(CC(C)NC(=O)CCc2nnc(CCc3c[nH]c4ccccc34)o2)n1.